The minimum Gasteiger partial charge on any atom is -0.479 e. The van der Waals surface area contributed by atoms with E-state index in [4.69, 9.17) is 4.74 Å². The Kier molecular flexibility index (Phi) is 4.59. The van der Waals surface area contributed by atoms with Crippen molar-refractivity contribution < 1.29 is 14.6 Å². The molecule has 0 aliphatic heterocycles. The van der Waals surface area contributed by atoms with Crippen LogP contribution in [0.15, 0.2) is 36.5 Å². The van der Waals surface area contributed by atoms with Crippen molar-refractivity contribution in [3.63, 3.8) is 0 Å². The molecule has 146 valence electrons. The number of carbonyl (C=O) groups is 1. The van der Waals surface area contributed by atoms with Crippen LogP contribution in [0.2, 0.25) is 0 Å². The Labute approximate surface area is 164 Å². The standard InChI is InChI=1S/C22H25N3O3/c1-13-14(2)25-12-16(22(27)24(3)4)11-19(21(25)23-13)28-20-17-8-6-5-7-15(17)9-10-18(20)26/h5-8,11-12,18,20,26H,9-10H2,1-4H3. The van der Waals surface area contributed by atoms with Crippen LogP contribution in [0, 0.1) is 13.8 Å². The van der Waals surface area contributed by atoms with Crippen LogP contribution in [-0.4, -0.2) is 45.5 Å². The summed E-state index contributed by atoms with van der Waals surface area (Å²) in [5.41, 5.74) is 5.18. The molecule has 0 radical (unpaired) electrons. The summed E-state index contributed by atoms with van der Waals surface area (Å²) in [6, 6.07) is 9.76. The zero-order chi connectivity index (χ0) is 20.0. The molecule has 1 N–H and O–H groups in total. The van der Waals surface area contributed by atoms with Gasteiger partial charge in [0.15, 0.2) is 11.4 Å². The molecule has 3 aromatic rings. The number of carbonyl (C=O) groups excluding carboxylic acids is 1. The van der Waals surface area contributed by atoms with E-state index >= 15 is 0 Å². The van der Waals surface area contributed by atoms with Crippen LogP contribution >= 0.6 is 0 Å². The SMILES string of the molecule is Cc1nc2c(OC3c4ccccc4CCC3O)cc(C(=O)N(C)C)cn2c1C. The van der Waals surface area contributed by atoms with E-state index in [1.165, 1.54) is 10.5 Å². The topological polar surface area (TPSA) is 67.1 Å². The third kappa shape index (κ3) is 3.03. The minimum absolute atomic E-state index is 0.109. The molecule has 1 amide bonds. The van der Waals surface area contributed by atoms with Crippen LogP contribution in [0.5, 0.6) is 5.75 Å². The van der Waals surface area contributed by atoms with Crippen LogP contribution in [0.1, 0.15) is 45.4 Å². The molecule has 0 fully saturated rings. The van der Waals surface area contributed by atoms with Crippen molar-refractivity contribution in [2.24, 2.45) is 0 Å². The van der Waals surface area contributed by atoms with Crippen LogP contribution in [0.3, 0.4) is 0 Å². The summed E-state index contributed by atoms with van der Waals surface area (Å²) in [5.74, 6) is 0.395. The Hall–Kier alpha value is -2.86. The highest BCUT2D eigenvalue weighted by molar-refractivity contribution is 5.94. The van der Waals surface area contributed by atoms with Gasteiger partial charge in [0.2, 0.25) is 0 Å². The fourth-order valence-electron chi connectivity index (χ4n) is 3.78. The maximum absolute atomic E-state index is 12.6. The summed E-state index contributed by atoms with van der Waals surface area (Å²) in [7, 11) is 3.44. The van der Waals surface area contributed by atoms with Gasteiger partial charge < -0.3 is 19.1 Å². The minimum atomic E-state index is -0.611. The van der Waals surface area contributed by atoms with Gasteiger partial charge in [0.25, 0.3) is 5.91 Å². The normalized spacial score (nSPS) is 18.8. The van der Waals surface area contributed by atoms with Crippen LogP contribution in [-0.2, 0) is 6.42 Å². The van der Waals surface area contributed by atoms with Gasteiger partial charge in [-0.15, -0.1) is 0 Å². The molecule has 1 aromatic carbocycles. The lowest BCUT2D eigenvalue weighted by Gasteiger charge is -2.31. The molecule has 2 unspecified atom stereocenters. The van der Waals surface area contributed by atoms with Gasteiger partial charge in [-0.05, 0) is 43.9 Å². The van der Waals surface area contributed by atoms with E-state index in [1.54, 1.807) is 26.4 Å². The summed E-state index contributed by atoms with van der Waals surface area (Å²) in [5, 5.41) is 10.6. The molecule has 2 atom stereocenters. The van der Waals surface area contributed by atoms with Gasteiger partial charge in [0.05, 0.1) is 17.4 Å². The fraction of sp³-hybridized carbons (Fsp3) is 0.364. The van der Waals surface area contributed by atoms with Crippen molar-refractivity contribution in [2.75, 3.05) is 14.1 Å². The zero-order valence-electron chi connectivity index (χ0n) is 16.6. The van der Waals surface area contributed by atoms with Crippen molar-refractivity contribution in [3.8, 4) is 5.75 Å². The third-order valence-electron chi connectivity index (χ3n) is 5.49. The summed E-state index contributed by atoms with van der Waals surface area (Å²) < 4.78 is 8.23. The van der Waals surface area contributed by atoms with E-state index in [0.717, 1.165) is 23.4 Å². The number of aromatic nitrogens is 2. The number of aliphatic hydroxyl groups excluding tert-OH is 1. The number of pyridine rings is 1. The van der Waals surface area contributed by atoms with Gasteiger partial charge in [-0.25, -0.2) is 4.98 Å². The average molecular weight is 379 g/mol. The first-order valence-electron chi connectivity index (χ1n) is 9.50. The number of fused-ring (bicyclic) bond motifs is 2. The molecule has 0 bridgehead atoms. The molecule has 0 spiro atoms. The summed E-state index contributed by atoms with van der Waals surface area (Å²) in [6.45, 7) is 3.90. The quantitative estimate of drug-likeness (QED) is 0.759. The molecule has 1 aliphatic carbocycles. The highest BCUT2D eigenvalue weighted by Gasteiger charge is 2.31. The second kappa shape index (κ2) is 6.95. The van der Waals surface area contributed by atoms with Crippen molar-refractivity contribution in [3.05, 3.63) is 64.6 Å². The number of aryl methyl sites for hydroxylation is 3. The number of benzene rings is 1. The highest BCUT2D eigenvalue weighted by Crippen LogP contribution is 2.36. The summed E-state index contributed by atoms with van der Waals surface area (Å²) >= 11 is 0. The Morgan fingerprint density at radius 1 is 1.29 bits per heavy atom. The first kappa shape index (κ1) is 18.5. The van der Waals surface area contributed by atoms with Crippen LogP contribution in [0.25, 0.3) is 5.65 Å². The van der Waals surface area contributed by atoms with Crippen LogP contribution < -0.4 is 4.74 Å². The Balaban J connectivity index is 1.84. The number of aliphatic hydroxyl groups is 1. The number of imidazole rings is 1. The van der Waals surface area contributed by atoms with E-state index in [-0.39, 0.29) is 5.91 Å². The number of nitrogens with zero attached hydrogens (tertiary/aromatic N) is 3. The van der Waals surface area contributed by atoms with Gasteiger partial charge in [0.1, 0.15) is 6.10 Å². The predicted molar refractivity (Wildman–Crippen MR) is 107 cm³/mol. The monoisotopic (exact) mass is 379 g/mol. The van der Waals surface area contributed by atoms with E-state index < -0.39 is 12.2 Å². The zero-order valence-corrected chi connectivity index (χ0v) is 16.6. The smallest absolute Gasteiger partial charge is 0.254 e. The van der Waals surface area contributed by atoms with Gasteiger partial charge in [-0.3, -0.25) is 4.79 Å². The fourth-order valence-corrected chi connectivity index (χ4v) is 3.78. The van der Waals surface area contributed by atoms with Crippen molar-refractivity contribution in [2.45, 2.75) is 38.9 Å². The molecule has 1 aliphatic rings. The lowest BCUT2D eigenvalue weighted by atomic mass is 9.87. The van der Waals surface area contributed by atoms with Crippen molar-refractivity contribution in [1.29, 1.82) is 0 Å². The van der Waals surface area contributed by atoms with Gasteiger partial charge in [0, 0.05) is 26.0 Å². The molecule has 6 nitrogen and oxygen atoms in total. The van der Waals surface area contributed by atoms with E-state index in [2.05, 4.69) is 11.1 Å². The van der Waals surface area contributed by atoms with Crippen molar-refractivity contribution in [1.82, 2.24) is 14.3 Å². The maximum atomic E-state index is 12.6. The molecule has 6 heteroatoms. The highest BCUT2D eigenvalue weighted by atomic mass is 16.5. The molecule has 4 rings (SSSR count). The Morgan fingerprint density at radius 2 is 2.04 bits per heavy atom. The Morgan fingerprint density at radius 3 is 2.79 bits per heavy atom. The van der Waals surface area contributed by atoms with E-state index in [9.17, 15) is 9.90 Å². The summed E-state index contributed by atoms with van der Waals surface area (Å²) in [6.07, 6.45) is 2.16. The van der Waals surface area contributed by atoms with Gasteiger partial charge in [-0.2, -0.15) is 0 Å². The molecule has 2 heterocycles. The lowest BCUT2D eigenvalue weighted by molar-refractivity contribution is 0.0233. The molecular weight excluding hydrogens is 354 g/mol. The average Bonchev–Trinajstić information content (AvgIpc) is 2.97. The Bertz CT molecular complexity index is 1050. The van der Waals surface area contributed by atoms with Gasteiger partial charge >= 0.3 is 0 Å². The largest absolute Gasteiger partial charge is 0.479 e. The molecule has 0 saturated heterocycles. The molecular formula is C22H25N3O3. The maximum Gasteiger partial charge on any atom is 0.254 e. The number of hydrogen-bond acceptors (Lipinski definition) is 4. The molecule has 28 heavy (non-hydrogen) atoms. The summed E-state index contributed by atoms with van der Waals surface area (Å²) in [4.78, 5) is 18.8. The number of ether oxygens (including phenoxy) is 1. The van der Waals surface area contributed by atoms with E-state index in [0.29, 0.717) is 23.4 Å². The van der Waals surface area contributed by atoms with Gasteiger partial charge in [-0.1, -0.05) is 24.3 Å². The second-order valence-corrected chi connectivity index (χ2v) is 7.61. The number of hydrogen-bond donors (Lipinski definition) is 1. The number of amides is 1. The second-order valence-electron chi connectivity index (χ2n) is 7.61. The number of rotatable bonds is 3. The van der Waals surface area contributed by atoms with E-state index in [1.807, 2.05) is 36.4 Å². The first-order valence-corrected chi connectivity index (χ1v) is 9.50. The molecule has 0 saturated carbocycles. The molecule has 2 aromatic heterocycles. The van der Waals surface area contributed by atoms with Crippen molar-refractivity contribution >= 4 is 11.6 Å². The predicted octanol–water partition coefficient (Wildman–Crippen LogP) is 3.08. The van der Waals surface area contributed by atoms with Crippen LogP contribution in [0.4, 0.5) is 0 Å². The third-order valence-corrected chi connectivity index (χ3v) is 5.49. The lowest BCUT2D eigenvalue weighted by Crippen LogP contribution is -2.29. The first-order chi connectivity index (χ1) is 13.4.